The summed E-state index contributed by atoms with van der Waals surface area (Å²) in [4.78, 5) is 21.0. The lowest BCUT2D eigenvalue weighted by Gasteiger charge is -2.26. The van der Waals surface area contributed by atoms with Gasteiger partial charge in [0, 0.05) is 26.2 Å². The van der Waals surface area contributed by atoms with Crippen molar-refractivity contribution in [3.63, 3.8) is 0 Å². The molecule has 1 aliphatic heterocycles. The van der Waals surface area contributed by atoms with Crippen LogP contribution in [0.3, 0.4) is 0 Å². The summed E-state index contributed by atoms with van der Waals surface area (Å²) in [5.41, 5.74) is 0.868. The standard InChI is InChI=1S/C9H12N6O/c16-8-7-6(5-11-14-8)12-9(13-7)15-3-1-10-2-4-15/h5,10H,1-4H2,(H,12,13)(H,14,16). The maximum absolute atomic E-state index is 11.5. The Bertz CT molecular complexity index is 552. The van der Waals surface area contributed by atoms with Crippen LogP contribution in [0.1, 0.15) is 0 Å². The van der Waals surface area contributed by atoms with Gasteiger partial charge < -0.3 is 15.2 Å². The van der Waals surface area contributed by atoms with Gasteiger partial charge in [0.25, 0.3) is 5.56 Å². The predicted molar refractivity (Wildman–Crippen MR) is 59.6 cm³/mol. The van der Waals surface area contributed by atoms with Gasteiger partial charge in [0.1, 0.15) is 11.0 Å². The molecular weight excluding hydrogens is 208 g/mol. The van der Waals surface area contributed by atoms with E-state index in [1.54, 1.807) is 6.20 Å². The first-order valence-electron chi connectivity index (χ1n) is 5.23. The lowest BCUT2D eigenvalue weighted by atomic mass is 10.4. The SMILES string of the molecule is O=c1[nH]ncc2nc(N3CCNCC3)[nH]c12. The van der Waals surface area contributed by atoms with E-state index in [0.29, 0.717) is 11.0 Å². The van der Waals surface area contributed by atoms with Crippen molar-refractivity contribution < 1.29 is 0 Å². The largest absolute Gasteiger partial charge is 0.340 e. The second-order valence-electron chi connectivity index (χ2n) is 3.76. The zero-order chi connectivity index (χ0) is 11.0. The highest BCUT2D eigenvalue weighted by molar-refractivity contribution is 5.75. The first kappa shape index (κ1) is 9.34. The summed E-state index contributed by atoms with van der Waals surface area (Å²) in [5, 5.41) is 9.37. The van der Waals surface area contributed by atoms with E-state index in [0.717, 1.165) is 32.1 Å². The molecule has 1 aliphatic rings. The third-order valence-corrected chi connectivity index (χ3v) is 2.72. The minimum absolute atomic E-state index is 0.230. The molecule has 1 saturated heterocycles. The van der Waals surface area contributed by atoms with Gasteiger partial charge in [-0.2, -0.15) is 5.10 Å². The van der Waals surface area contributed by atoms with Gasteiger partial charge in [0.2, 0.25) is 5.95 Å². The van der Waals surface area contributed by atoms with E-state index in [1.165, 1.54) is 0 Å². The second-order valence-corrected chi connectivity index (χ2v) is 3.76. The maximum Gasteiger partial charge on any atom is 0.290 e. The number of piperazine rings is 1. The molecule has 3 N–H and O–H groups in total. The highest BCUT2D eigenvalue weighted by atomic mass is 16.1. The van der Waals surface area contributed by atoms with Gasteiger partial charge in [-0.05, 0) is 0 Å². The molecule has 2 aromatic heterocycles. The highest BCUT2D eigenvalue weighted by Crippen LogP contribution is 2.13. The van der Waals surface area contributed by atoms with Crippen molar-refractivity contribution in [3.8, 4) is 0 Å². The molecule has 7 heteroatoms. The van der Waals surface area contributed by atoms with Crippen LogP contribution in [0, 0.1) is 0 Å². The summed E-state index contributed by atoms with van der Waals surface area (Å²) < 4.78 is 0. The topological polar surface area (TPSA) is 89.7 Å². The van der Waals surface area contributed by atoms with E-state index in [9.17, 15) is 4.79 Å². The fraction of sp³-hybridized carbons (Fsp3) is 0.444. The Labute approximate surface area is 90.9 Å². The van der Waals surface area contributed by atoms with E-state index in [1.807, 2.05) is 0 Å². The fourth-order valence-electron chi connectivity index (χ4n) is 1.87. The van der Waals surface area contributed by atoms with Gasteiger partial charge in [-0.3, -0.25) is 4.79 Å². The van der Waals surface area contributed by atoms with Crippen LogP contribution in [0.25, 0.3) is 11.0 Å². The van der Waals surface area contributed by atoms with E-state index >= 15 is 0 Å². The van der Waals surface area contributed by atoms with Crippen molar-refractivity contribution in [2.75, 3.05) is 31.1 Å². The van der Waals surface area contributed by atoms with Crippen LogP contribution in [0.2, 0.25) is 0 Å². The lowest BCUT2D eigenvalue weighted by Crippen LogP contribution is -2.44. The summed E-state index contributed by atoms with van der Waals surface area (Å²) in [6.45, 7) is 3.66. The summed E-state index contributed by atoms with van der Waals surface area (Å²) in [5.74, 6) is 0.745. The lowest BCUT2D eigenvalue weighted by molar-refractivity contribution is 0.582. The summed E-state index contributed by atoms with van der Waals surface area (Å²) in [6.07, 6.45) is 1.55. The molecule has 7 nitrogen and oxygen atoms in total. The third-order valence-electron chi connectivity index (χ3n) is 2.72. The number of aromatic nitrogens is 4. The van der Waals surface area contributed by atoms with Crippen LogP contribution >= 0.6 is 0 Å². The maximum atomic E-state index is 11.5. The van der Waals surface area contributed by atoms with Gasteiger partial charge in [-0.15, -0.1) is 0 Å². The monoisotopic (exact) mass is 220 g/mol. The molecule has 0 amide bonds. The van der Waals surface area contributed by atoms with Crippen LogP contribution in [-0.4, -0.2) is 46.3 Å². The first-order chi connectivity index (χ1) is 7.84. The predicted octanol–water partition coefficient (Wildman–Crippen LogP) is -0.944. The van der Waals surface area contributed by atoms with Gasteiger partial charge in [-0.25, -0.2) is 10.1 Å². The number of nitrogens with zero attached hydrogens (tertiary/aromatic N) is 3. The van der Waals surface area contributed by atoms with E-state index in [-0.39, 0.29) is 5.56 Å². The van der Waals surface area contributed by atoms with Crippen molar-refractivity contribution in [1.82, 2.24) is 25.5 Å². The van der Waals surface area contributed by atoms with Crippen LogP contribution in [-0.2, 0) is 0 Å². The van der Waals surface area contributed by atoms with Crippen LogP contribution in [0.5, 0.6) is 0 Å². The third kappa shape index (κ3) is 1.45. The van der Waals surface area contributed by atoms with Gasteiger partial charge in [0.05, 0.1) is 6.20 Å². The van der Waals surface area contributed by atoms with Crippen molar-refractivity contribution in [2.45, 2.75) is 0 Å². The molecule has 0 bridgehead atoms. The van der Waals surface area contributed by atoms with E-state index < -0.39 is 0 Å². The molecule has 0 unspecified atom stereocenters. The molecule has 2 aromatic rings. The minimum atomic E-state index is -0.230. The summed E-state index contributed by atoms with van der Waals surface area (Å²) in [7, 11) is 0. The Morgan fingerprint density at radius 1 is 1.31 bits per heavy atom. The molecule has 0 atom stereocenters. The average molecular weight is 220 g/mol. The number of hydrogen-bond donors (Lipinski definition) is 3. The number of hydrogen-bond acceptors (Lipinski definition) is 5. The van der Waals surface area contributed by atoms with Crippen molar-refractivity contribution >= 4 is 17.0 Å². The van der Waals surface area contributed by atoms with Crippen LogP contribution in [0.4, 0.5) is 5.95 Å². The molecule has 3 heterocycles. The molecular formula is C9H12N6O. The molecule has 0 radical (unpaired) electrons. The Hall–Kier alpha value is -1.89. The van der Waals surface area contributed by atoms with Gasteiger partial charge in [-0.1, -0.05) is 0 Å². The second kappa shape index (κ2) is 3.60. The Morgan fingerprint density at radius 2 is 2.12 bits per heavy atom. The average Bonchev–Trinajstić information content (AvgIpc) is 2.76. The molecule has 3 rings (SSSR count). The van der Waals surface area contributed by atoms with Crippen molar-refractivity contribution in [2.24, 2.45) is 0 Å². The molecule has 84 valence electrons. The number of fused-ring (bicyclic) bond motifs is 1. The number of H-pyrrole nitrogens is 2. The zero-order valence-corrected chi connectivity index (χ0v) is 8.66. The molecule has 0 aromatic carbocycles. The number of aromatic amines is 2. The Balaban J connectivity index is 2.04. The number of imidazole rings is 1. The van der Waals surface area contributed by atoms with E-state index in [4.69, 9.17) is 0 Å². The fourth-order valence-corrected chi connectivity index (χ4v) is 1.87. The Kier molecular flexibility index (Phi) is 2.10. The number of anilines is 1. The van der Waals surface area contributed by atoms with Gasteiger partial charge in [0.15, 0.2) is 0 Å². The van der Waals surface area contributed by atoms with Gasteiger partial charge >= 0.3 is 0 Å². The summed E-state index contributed by atoms with van der Waals surface area (Å²) >= 11 is 0. The molecule has 0 aliphatic carbocycles. The Morgan fingerprint density at radius 3 is 2.88 bits per heavy atom. The van der Waals surface area contributed by atoms with Crippen molar-refractivity contribution in [1.29, 1.82) is 0 Å². The van der Waals surface area contributed by atoms with Crippen LogP contribution in [0.15, 0.2) is 11.0 Å². The zero-order valence-electron chi connectivity index (χ0n) is 8.66. The minimum Gasteiger partial charge on any atom is -0.340 e. The molecule has 1 fully saturated rings. The number of nitrogens with one attached hydrogen (secondary N) is 3. The first-order valence-corrected chi connectivity index (χ1v) is 5.23. The summed E-state index contributed by atoms with van der Waals surface area (Å²) in [6, 6.07) is 0. The van der Waals surface area contributed by atoms with Crippen LogP contribution < -0.4 is 15.8 Å². The quantitative estimate of drug-likeness (QED) is 0.577. The normalized spacial score (nSPS) is 16.9. The molecule has 0 saturated carbocycles. The smallest absolute Gasteiger partial charge is 0.290 e. The van der Waals surface area contributed by atoms with Crippen molar-refractivity contribution in [3.05, 3.63) is 16.6 Å². The highest BCUT2D eigenvalue weighted by Gasteiger charge is 2.15. The molecule has 16 heavy (non-hydrogen) atoms. The van der Waals surface area contributed by atoms with E-state index in [2.05, 4.69) is 30.4 Å². The molecule has 0 spiro atoms. The number of rotatable bonds is 1.